The maximum absolute atomic E-state index is 11.6. The highest BCUT2D eigenvalue weighted by Crippen LogP contribution is 2.40. The van der Waals surface area contributed by atoms with E-state index in [0.29, 0.717) is 0 Å². The normalized spacial score (nSPS) is 38.6. The minimum atomic E-state index is -0.129. The van der Waals surface area contributed by atoms with Crippen LogP contribution in [0.3, 0.4) is 0 Å². The lowest BCUT2D eigenvalue weighted by Gasteiger charge is -2.22. The lowest BCUT2D eigenvalue weighted by molar-refractivity contribution is -0.140. The van der Waals surface area contributed by atoms with Gasteiger partial charge >= 0.3 is 0 Å². The first-order valence-corrected chi connectivity index (χ1v) is 4.33. The maximum Gasteiger partial charge on any atom is 0.251 e. The molecule has 2 bridgehead atoms. The Balaban J connectivity index is 2.06. The van der Waals surface area contributed by atoms with Crippen LogP contribution in [0.2, 0.25) is 0 Å². The van der Waals surface area contributed by atoms with Crippen LogP contribution in [-0.4, -0.2) is 37.6 Å². The highest BCUT2D eigenvalue weighted by molar-refractivity contribution is 5.82. The molecule has 2 heterocycles. The van der Waals surface area contributed by atoms with Crippen molar-refractivity contribution in [2.45, 2.75) is 12.8 Å². The van der Waals surface area contributed by atoms with Crippen molar-refractivity contribution in [3.05, 3.63) is 0 Å². The summed E-state index contributed by atoms with van der Waals surface area (Å²) in [6.07, 6.45) is 1.98. The van der Waals surface area contributed by atoms with E-state index in [2.05, 4.69) is 15.2 Å². The molecular weight excluding hydrogens is 156 g/mol. The molecule has 4 nitrogen and oxygen atoms in total. The highest BCUT2D eigenvalue weighted by Gasteiger charge is 2.49. The first-order chi connectivity index (χ1) is 5.77. The van der Waals surface area contributed by atoms with Crippen LogP contribution in [0.4, 0.5) is 0 Å². The molecule has 0 saturated carbocycles. The van der Waals surface area contributed by atoms with Gasteiger partial charge in [-0.3, -0.25) is 9.63 Å². The zero-order valence-corrected chi connectivity index (χ0v) is 7.30. The third kappa shape index (κ3) is 1.03. The molecule has 2 aliphatic rings. The number of hydroxylamine groups is 1. The molecule has 0 spiro atoms. The van der Waals surface area contributed by atoms with Gasteiger partial charge in [0.1, 0.15) is 0 Å². The van der Waals surface area contributed by atoms with Gasteiger partial charge in [0.2, 0.25) is 0 Å². The van der Waals surface area contributed by atoms with Gasteiger partial charge in [-0.05, 0) is 25.9 Å². The van der Waals surface area contributed by atoms with Crippen LogP contribution in [0.15, 0.2) is 0 Å². The minimum Gasteiger partial charge on any atom is -0.302 e. The molecule has 68 valence electrons. The summed E-state index contributed by atoms with van der Waals surface area (Å²) in [7, 11) is 1.48. The number of amides is 1. The molecule has 4 heteroatoms. The molecule has 2 fully saturated rings. The fourth-order valence-electron chi connectivity index (χ4n) is 2.23. The molecule has 2 aliphatic heterocycles. The number of hydrogen-bond donors (Lipinski definition) is 1. The summed E-state index contributed by atoms with van der Waals surface area (Å²) in [5.41, 5.74) is 2.31. The van der Waals surface area contributed by atoms with Crippen LogP contribution in [-0.2, 0) is 9.63 Å². The van der Waals surface area contributed by atoms with Crippen molar-refractivity contribution in [3.8, 4) is 0 Å². The van der Waals surface area contributed by atoms with Crippen LogP contribution in [0, 0.1) is 5.41 Å². The Morgan fingerprint density at radius 1 is 1.50 bits per heavy atom. The average molecular weight is 170 g/mol. The quantitative estimate of drug-likeness (QED) is 0.581. The fourth-order valence-corrected chi connectivity index (χ4v) is 2.23. The van der Waals surface area contributed by atoms with E-state index in [0.717, 1.165) is 32.5 Å². The standard InChI is InChI=1S/C8H14N2O2/c1-12-9-7(11)8-2-4-10(6-8)5-3-8/h2-6H2,1H3,(H,9,11). The highest BCUT2D eigenvalue weighted by atomic mass is 16.6. The molecule has 0 aromatic rings. The van der Waals surface area contributed by atoms with Gasteiger partial charge in [-0.2, -0.15) is 0 Å². The van der Waals surface area contributed by atoms with Gasteiger partial charge in [-0.15, -0.1) is 0 Å². The van der Waals surface area contributed by atoms with Crippen molar-refractivity contribution < 1.29 is 9.63 Å². The van der Waals surface area contributed by atoms with Gasteiger partial charge in [-0.1, -0.05) is 0 Å². The molecule has 12 heavy (non-hydrogen) atoms. The Morgan fingerprint density at radius 2 is 2.17 bits per heavy atom. The van der Waals surface area contributed by atoms with E-state index in [1.807, 2.05) is 0 Å². The van der Waals surface area contributed by atoms with E-state index >= 15 is 0 Å². The molecule has 2 saturated heterocycles. The number of nitrogens with zero attached hydrogens (tertiary/aromatic N) is 1. The number of hydrogen-bond acceptors (Lipinski definition) is 3. The average Bonchev–Trinajstić information content (AvgIpc) is 2.64. The third-order valence-electron chi connectivity index (χ3n) is 3.02. The molecule has 0 radical (unpaired) electrons. The molecule has 0 aromatic heterocycles. The summed E-state index contributed by atoms with van der Waals surface area (Å²) in [6.45, 7) is 3.05. The molecule has 0 aliphatic carbocycles. The van der Waals surface area contributed by atoms with E-state index in [-0.39, 0.29) is 11.3 Å². The minimum absolute atomic E-state index is 0.0602. The third-order valence-corrected chi connectivity index (χ3v) is 3.02. The lowest BCUT2D eigenvalue weighted by Crippen LogP contribution is -2.39. The largest absolute Gasteiger partial charge is 0.302 e. The molecule has 1 N–H and O–H groups in total. The Morgan fingerprint density at radius 3 is 2.58 bits per heavy atom. The van der Waals surface area contributed by atoms with Gasteiger partial charge in [0.15, 0.2) is 0 Å². The van der Waals surface area contributed by atoms with Gasteiger partial charge in [0.05, 0.1) is 12.5 Å². The van der Waals surface area contributed by atoms with Gasteiger partial charge < -0.3 is 4.90 Å². The summed E-state index contributed by atoms with van der Waals surface area (Å²) < 4.78 is 0. The first kappa shape index (κ1) is 8.01. The van der Waals surface area contributed by atoms with Crippen LogP contribution >= 0.6 is 0 Å². The van der Waals surface area contributed by atoms with Crippen LogP contribution < -0.4 is 5.48 Å². The van der Waals surface area contributed by atoms with E-state index in [4.69, 9.17) is 0 Å². The number of fused-ring (bicyclic) bond motifs is 2. The number of carbonyl (C=O) groups excluding carboxylic acids is 1. The SMILES string of the molecule is CONC(=O)C12CCN(CC1)C2. The molecule has 0 aromatic carbocycles. The van der Waals surface area contributed by atoms with E-state index in [1.54, 1.807) is 0 Å². The van der Waals surface area contributed by atoms with Crippen molar-refractivity contribution >= 4 is 5.91 Å². The summed E-state index contributed by atoms with van der Waals surface area (Å²) in [5, 5.41) is 0. The van der Waals surface area contributed by atoms with Crippen LogP contribution in [0.1, 0.15) is 12.8 Å². The smallest absolute Gasteiger partial charge is 0.251 e. The zero-order chi connectivity index (χ0) is 8.60. The summed E-state index contributed by atoms with van der Waals surface area (Å²) in [6, 6.07) is 0. The number of rotatable bonds is 2. The predicted molar refractivity (Wildman–Crippen MR) is 43.3 cm³/mol. The number of nitrogens with one attached hydrogen (secondary N) is 1. The van der Waals surface area contributed by atoms with Crippen LogP contribution in [0.5, 0.6) is 0 Å². The summed E-state index contributed by atoms with van der Waals surface area (Å²) in [5.74, 6) is 0.0602. The maximum atomic E-state index is 11.6. The lowest BCUT2D eigenvalue weighted by atomic mass is 9.84. The van der Waals surface area contributed by atoms with Crippen molar-refractivity contribution in [2.75, 3.05) is 26.7 Å². The molecule has 0 unspecified atom stereocenters. The summed E-state index contributed by atoms with van der Waals surface area (Å²) >= 11 is 0. The Hall–Kier alpha value is -0.610. The predicted octanol–water partition coefficient (Wildman–Crippen LogP) is -0.240. The topological polar surface area (TPSA) is 41.6 Å². The number of piperidine rings is 1. The van der Waals surface area contributed by atoms with Gasteiger partial charge in [0, 0.05) is 6.54 Å². The molecule has 2 rings (SSSR count). The Labute approximate surface area is 71.8 Å². The second-order valence-corrected chi connectivity index (χ2v) is 3.69. The first-order valence-electron chi connectivity index (χ1n) is 4.33. The monoisotopic (exact) mass is 170 g/mol. The molecule has 1 amide bonds. The van der Waals surface area contributed by atoms with E-state index in [9.17, 15) is 4.79 Å². The fraction of sp³-hybridized carbons (Fsp3) is 0.875. The van der Waals surface area contributed by atoms with Gasteiger partial charge in [-0.25, -0.2) is 5.48 Å². The second-order valence-electron chi connectivity index (χ2n) is 3.69. The zero-order valence-electron chi connectivity index (χ0n) is 7.30. The second kappa shape index (κ2) is 2.71. The van der Waals surface area contributed by atoms with Crippen molar-refractivity contribution in [1.82, 2.24) is 10.4 Å². The van der Waals surface area contributed by atoms with Crippen LogP contribution in [0.25, 0.3) is 0 Å². The number of carbonyl (C=O) groups is 1. The Kier molecular flexibility index (Phi) is 1.81. The molecule has 0 atom stereocenters. The summed E-state index contributed by atoms with van der Waals surface area (Å²) in [4.78, 5) is 18.5. The van der Waals surface area contributed by atoms with Crippen molar-refractivity contribution in [1.29, 1.82) is 0 Å². The van der Waals surface area contributed by atoms with Crippen molar-refractivity contribution in [3.63, 3.8) is 0 Å². The van der Waals surface area contributed by atoms with E-state index in [1.165, 1.54) is 7.11 Å². The van der Waals surface area contributed by atoms with E-state index < -0.39 is 0 Å². The molecular formula is C8H14N2O2. The van der Waals surface area contributed by atoms with Crippen molar-refractivity contribution in [2.24, 2.45) is 5.41 Å². The Bertz CT molecular complexity index is 197. The van der Waals surface area contributed by atoms with Gasteiger partial charge in [0.25, 0.3) is 5.91 Å².